The quantitative estimate of drug-likeness (QED) is 0.390. The van der Waals surface area contributed by atoms with Crippen LogP contribution in [-0.4, -0.2) is 52.4 Å². The smallest absolute Gasteiger partial charge is 0.223 e. The van der Waals surface area contributed by atoms with Gasteiger partial charge in [-0.1, -0.05) is 42.5 Å². The predicted octanol–water partition coefficient (Wildman–Crippen LogP) is 3.96. The third-order valence-electron chi connectivity index (χ3n) is 6.42. The first-order valence-corrected chi connectivity index (χ1v) is 11.6. The molecule has 0 bridgehead atoms. The van der Waals surface area contributed by atoms with Crippen molar-refractivity contribution in [2.24, 2.45) is 0 Å². The lowest BCUT2D eigenvalue weighted by Gasteiger charge is -2.29. The monoisotopic (exact) mass is 487 g/mol. The van der Waals surface area contributed by atoms with Gasteiger partial charge in [-0.3, -0.25) is 9.59 Å². The molecule has 8 nitrogen and oxygen atoms in total. The second-order valence-corrected chi connectivity index (χ2v) is 8.72. The van der Waals surface area contributed by atoms with Gasteiger partial charge in [0.25, 0.3) is 0 Å². The van der Waals surface area contributed by atoms with E-state index in [1.165, 1.54) is 18.2 Å². The summed E-state index contributed by atoms with van der Waals surface area (Å²) in [6.07, 6.45) is -0.0594. The average molecular weight is 488 g/mol. The molecule has 4 aromatic rings. The van der Waals surface area contributed by atoms with Crippen LogP contribution in [0.1, 0.15) is 23.5 Å². The highest BCUT2D eigenvalue weighted by Crippen LogP contribution is 2.43. The number of hydrogen-bond acceptors (Lipinski definition) is 7. The largest absolute Gasteiger partial charge is 0.508 e. The zero-order valence-corrected chi connectivity index (χ0v) is 19.4. The molecule has 1 fully saturated rings. The van der Waals surface area contributed by atoms with E-state index in [-0.39, 0.29) is 46.1 Å². The molecule has 8 heteroatoms. The van der Waals surface area contributed by atoms with Gasteiger partial charge in [0.15, 0.2) is 5.43 Å². The summed E-state index contributed by atoms with van der Waals surface area (Å²) in [6, 6.07) is 17.8. The number of benzene rings is 3. The summed E-state index contributed by atoms with van der Waals surface area (Å²) in [4.78, 5) is 28.1. The van der Waals surface area contributed by atoms with Crippen molar-refractivity contribution in [3.05, 3.63) is 88.1 Å². The Morgan fingerprint density at radius 3 is 2.39 bits per heavy atom. The number of carbonyl (C=O) groups is 1. The molecule has 0 radical (unpaired) electrons. The molecule has 1 saturated heterocycles. The van der Waals surface area contributed by atoms with Crippen molar-refractivity contribution in [2.75, 3.05) is 26.3 Å². The van der Waals surface area contributed by atoms with E-state index in [4.69, 9.17) is 9.15 Å². The molecular formula is C28H25NO7. The number of morpholine rings is 1. The number of aromatic hydroxyl groups is 3. The van der Waals surface area contributed by atoms with Crippen LogP contribution in [0.3, 0.4) is 0 Å². The fraction of sp³-hybridized carbons (Fsp3) is 0.214. The SMILES string of the molecule is O=C(CC(c1cccc(O)c1)c1c(O)cc(O)c2c(=O)cc(-c3ccccc3)oc12)N1CCOCC1. The molecule has 1 amide bonds. The molecule has 3 N–H and O–H groups in total. The summed E-state index contributed by atoms with van der Waals surface area (Å²) < 4.78 is 11.5. The Balaban J connectivity index is 1.72. The third kappa shape index (κ3) is 4.50. The molecule has 1 unspecified atom stereocenters. The molecule has 1 aliphatic rings. The van der Waals surface area contributed by atoms with Crippen LogP contribution in [-0.2, 0) is 9.53 Å². The van der Waals surface area contributed by atoms with Crippen LogP contribution in [0.5, 0.6) is 17.2 Å². The number of rotatable bonds is 5. The molecule has 184 valence electrons. The number of carbonyl (C=O) groups excluding carboxylic acids is 1. The van der Waals surface area contributed by atoms with Crippen molar-refractivity contribution >= 4 is 16.9 Å². The maximum Gasteiger partial charge on any atom is 0.223 e. The van der Waals surface area contributed by atoms with Crippen molar-refractivity contribution < 1.29 is 29.3 Å². The van der Waals surface area contributed by atoms with Crippen molar-refractivity contribution in [1.29, 1.82) is 0 Å². The highest BCUT2D eigenvalue weighted by atomic mass is 16.5. The number of phenolic OH excluding ortho intramolecular Hbond substituents is 3. The Kier molecular flexibility index (Phi) is 6.35. The molecule has 0 saturated carbocycles. The van der Waals surface area contributed by atoms with Gasteiger partial charge in [-0.25, -0.2) is 0 Å². The Hall–Kier alpha value is -4.30. The summed E-state index contributed by atoms with van der Waals surface area (Å²) in [6.45, 7) is 1.76. The molecule has 2 heterocycles. The van der Waals surface area contributed by atoms with Gasteiger partial charge < -0.3 is 29.4 Å². The van der Waals surface area contributed by atoms with E-state index in [2.05, 4.69) is 0 Å². The standard InChI is InChI=1S/C28H25NO7/c30-19-8-4-7-18(13-19)20(14-25(34)29-9-11-35-12-10-29)26-21(31)15-22(32)27-23(33)16-24(36-28(26)27)17-5-2-1-3-6-17/h1-8,13,15-16,20,30-32H,9-12,14H2. The number of nitrogens with zero attached hydrogens (tertiary/aromatic N) is 1. The van der Waals surface area contributed by atoms with Crippen LogP contribution in [0.2, 0.25) is 0 Å². The molecule has 1 aliphatic heterocycles. The van der Waals surface area contributed by atoms with Crippen LogP contribution in [0.4, 0.5) is 0 Å². The van der Waals surface area contributed by atoms with E-state index in [9.17, 15) is 24.9 Å². The maximum absolute atomic E-state index is 13.3. The van der Waals surface area contributed by atoms with Crippen LogP contribution in [0.25, 0.3) is 22.3 Å². The molecular weight excluding hydrogens is 462 g/mol. The summed E-state index contributed by atoms with van der Waals surface area (Å²) in [5.41, 5.74) is 0.880. The van der Waals surface area contributed by atoms with E-state index in [1.807, 2.05) is 6.07 Å². The fourth-order valence-corrected chi connectivity index (χ4v) is 4.65. The number of phenols is 3. The van der Waals surface area contributed by atoms with Gasteiger partial charge in [-0.2, -0.15) is 0 Å². The Morgan fingerprint density at radius 1 is 0.917 bits per heavy atom. The lowest BCUT2D eigenvalue weighted by atomic mass is 9.85. The van der Waals surface area contributed by atoms with Crippen LogP contribution in [0.15, 0.2) is 75.9 Å². The van der Waals surface area contributed by atoms with Crippen LogP contribution < -0.4 is 5.43 Å². The van der Waals surface area contributed by atoms with Gasteiger partial charge in [0.05, 0.1) is 13.2 Å². The Morgan fingerprint density at radius 2 is 1.67 bits per heavy atom. The van der Waals surface area contributed by atoms with Crippen molar-refractivity contribution in [1.82, 2.24) is 4.90 Å². The highest BCUT2D eigenvalue weighted by Gasteiger charge is 2.30. The number of ether oxygens (including phenoxy) is 1. The van der Waals surface area contributed by atoms with Gasteiger partial charge in [-0.05, 0) is 17.7 Å². The first-order valence-electron chi connectivity index (χ1n) is 11.6. The van der Waals surface area contributed by atoms with Crippen molar-refractivity contribution in [3.8, 4) is 28.6 Å². The predicted molar refractivity (Wildman–Crippen MR) is 133 cm³/mol. The van der Waals surface area contributed by atoms with Crippen LogP contribution in [0, 0.1) is 0 Å². The molecule has 1 atom stereocenters. The molecule has 0 aliphatic carbocycles. The minimum absolute atomic E-state index is 0.00896. The van der Waals surface area contributed by atoms with E-state index >= 15 is 0 Å². The topological polar surface area (TPSA) is 120 Å². The van der Waals surface area contributed by atoms with E-state index < -0.39 is 17.1 Å². The van der Waals surface area contributed by atoms with Crippen molar-refractivity contribution in [3.63, 3.8) is 0 Å². The minimum atomic E-state index is -0.773. The molecule has 5 rings (SSSR count). The second kappa shape index (κ2) is 9.75. The van der Waals surface area contributed by atoms with Gasteiger partial charge in [0.2, 0.25) is 5.91 Å². The van der Waals surface area contributed by atoms with Crippen molar-refractivity contribution in [2.45, 2.75) is 12.3 Å². The van der Waals surface area contributed by atoms with E-state index in [1.54, 1.807) is 41.3 Å². The lowest BCUT2D eigenvalue weighted by Crippen LogP contribution is -2.41. The number of hydrogen-bond donors (Lipinski definition) is 3. The third-order valence-corrected chi connectivity index (χ3v) is 6.42. The van der Waals surface area contributed by atoms with Crippen LogP contribution >= 0.6 is 0 Å². The molecule has 36 heavy (non-hydrogen) atoms. The molecule has 3 aromatic carbocycles. The summed E-state index contributed by atoms with van der Waals surface area (Å²) >= 11 is 0. The summed E-state index contributed by atoms with van der Waals surface area (Å²) in [5.74, 6) is -1.44. The minimum Gasteiger partial charge on any atom is -0.508 e. The normalized spacial score (nSPS) is 14.6. The summed E-state index contributed by atoms with van der Waals surface area (Å²) in [7, 11) is 0. The average Bonchev–Trinajstić information content (AvgIpc) is 2.88. The Bertz CT molecular complexity index is 1470. The lowest BCUT2D eigenvalue weighted by molar-refractivity contribution is -0.135. The van der Waals surface area contributed by atoms with Gasteiger partial charge in [0.1, 0.15) is 34.0 Å². The maximum atomic E-state index is 13.3. The summed E-state index contributed by atoms with van der Waals surface area (Å²) in [5, 5.41) is 31.7. The highest BCUT2D eigenvalue weighted by molar-refractivity contribution is 5.91. The van der Waals surface area contributed by atoms with E-state index in [0.29, 0.717) is 37.4 Å². The fourth-order valence-electron chi connectivity index (χ4n) is 4.65. The van der Waals surface area contributed by atoms with Gasteiger partial charge in [0, 0.05) is 48.7 Å². The number of amides is 1. The first-order chi connectivity index (χ1) is 17.4. The zero-order chi connectivity index (χ0) is 25.2. The zero-order valence-electron chi connectivity index (χ0n) is 19.4. The first kappa shape index (κ1) is 23.4. The number of fused-ring (bicyclic) bond motifs is 1. The van der Waals surface area contributed by atoms with E-state index in [0.717, 1.165) is 6.07 Å². The second-order valence-electron chi connectivity index (χ2n) is 8.72. The molecule has 1 aromatic heterocycles. The molecule has 0 spiro atoms. The van der Waals surface area contributed by atoms with Gasteiger partial charge in [-0.15, -0.1) is 0 Å². The Labute approximate surface area is 206 Å². The van der Waals surface area contributed by atoms with Gasteiger partial charge >= 0.3 is 0 Å².